The maximum absolute atomic E-state index is 13.0. The number of aliphatic hydroxyl groups is 1. The normalized spacial score (nSPS) is 14.3. The van der Waals surface area contributed by atoms with Crippen molar-refractivity contribution in [2.45, 2.75) is 309 Å². The second kappa shape index (κ2) is 59.3. The number of unbranched alkanes of at least 4 members (excludes halogenated alkanes) is 35. The van der Waals surface area contributed by atoms with Crippen molar-refractivity contribution in [3.8, 4) is 0 Å². The van der Waals surface area contributed by atoms with E-state index < -0.39 is 20.0 Å². The molecule has 0 heterocycles. The number of nitrogens with zero attached hydrogens (tertiary/aromatic N) is 1. The number of quaternary nitrogens is 1. The lowest BCUT2D eigenvalue weighted by Crippen LogP contribution is -2.45. The largest absolute Gasteiger partial charge is 0.472 e. The fourth-order valence-electron chi connectivity index (χ4n) is 9.50. The second-order valence-corrected chi connectivity index (χ2v) is 24.9. The molecule has 0 aromatic rings. The Morgan fingerprint density at radius 1 is 0.449 bits per heavy atom. The van der Waals surface area contributed by atoms with Gasteiger partial charge < -0.3 is 19.8 Å². The Bertz CT molecular complexity index is 1550. The van der Waals surface area contributed by atoms with E-state index in [9.17, 15) is 19.4 Å². The number of carbonyl (C=O) groups is 1. The molecule has 0 saturated heterocycles. The Morgan fingerprint density at radius 2 is 0.782 bits per heavy atom. The van der Waals surface area contributed by atoms with E-state index in [1.165, 1.54) is 205 Å². The first-order valence-corrected chi connectivity index (χ1v) is 34.5. The minimum Gasteiger partial charge on any atom is -0.387 e. The zero-order valence-corrected chi connectivity index (χ0v) is 52.8. The van der Waals surface area contributed by atoms with Gasteiger partial charge in [0.2, 0.25) is 5.91 Å². The summed E-state index contributed by atoms with van der Waals surface area (Å²) in [6.45, 7) is 4.70. The summed E-state index contributed by atoms with van der Waals surface area (Å²) in [6.07, 6.45) is 84.4. The maximum Gasteiger partial charge on any atom is 0.472 e. The van der Waals surface area contributed by atoms with Crippen molar-refractivity contribution >= 4 is 13.7 Å². The maximum atomic E-state index is 13.0. The van der Waals surface area contributed by atoms with Gasteiger partial charge in [0.1, 0.15) is 13.2 Å². The molecule has 3 N–H and O–H groups in total. The molecule has 0 aromatic carbocycles. The lowest BCUT2D eigenvalue weighted by atomic mass is 10.0. The van der Waals surface area contributed by atoms with Crippen molar-refractivity contribution in [2.24, 2.45) is 0 Å². The highest BCUT2D eigenvalue weighted by Crippen LogP contribution is 2.43. The molecule has 0 saturated carbocycles. The van der Waals surface area contributed by atoms with Gasteiger partial charge in [0.05, 0.1) is 39.9 Å². The molecule has 3 atom stereocenters. The minimum absolute atomic E-state index is 0.0557. The average Bonchev–Trinajstić information content (AvgIpc) is 3.40. The predicted molar refractivity (Wildman–Crippen MR) is 341 cm³/mol. The molecule has 8 nitrogen and oxygen atoms in total. The van der Waals surface area contributed by atoms with Gasteiger partial charge in [-0.2, -0.15) is 0 Å². The average molecular weight is 1110 g/mol. The molecule has 0 radical (unpaired) electrons. The molecular formula is C69H128N2O6P+. The second-order valence-electron chi connectivity index (χ2n) is 23.5. The highest BCUT2D eigenvalue weighted by Gasteiger charge is 2.27. The fourth-order valence-corrected chi connectivity index (χ4v) is 10.2. The van der Waals surface area contributed by atoms with Crippen LogP contribution in [0.1, 0.15) is 296 Å². The van der Waals surface area contributed by atoms with Crippen LogP contribution in [0.3, 0.4) is 0 Å². The molecule has 78 heavy (non-hydrogen) atoms. The van der Waals surface area contributed by atoms with Gasteiger partial charge in [-0.25, -0.2) is 4.57 Å². The fraction of sp³-hybridized carbons (Fsp3) is 0.783. The molecule has 454 valence electrons. The number of phosphoric acid groups is 1. The summed E-state index contributed by atoms with van der Waals surface area (Å²) >= 11 is 0. The van der Waals surface area contributed by atoms with Crippen molar-refractivity contribution < 1.29 is 32.9 Å². The van der Waals surface area contributed by atoms with Gasteiger partial charge in [0, 0.05) is 6.42 Å². The molecule has 0 aliphatic carbocycles. The van der Waals surface area contributed by atoms with Crippen molar-refractivity contribution in [3.63, 3.8) is 0 Å². The SMILES string of the molecule is CC/C=C\C/C=C\C/C=C\C/C=C\C/C=C\CCCCCCCCCCCCCCCCCCCCCCCCCC(=O)NC(COP(=O)(O)OCC[N+](C)(C)C)C(O)/C=C/CC/C=C/CCCCCCCCCCCCC. The third-order valence-corrected chi connectivity index (χ3v) is 15.6. The van der Waals surface area contributed by atoms with Gasteiger partial charge in [0.25, 0.3) is 0 Å². The summed E-state index contributed by atoms with van der Waals surface area (Å²) in [6, 6.07) is -0.865. The van der Waals surface area contributed by atoms with Crippen LogP contribution in [0, 0.1) is 0 Å². The first-order valence-electron chi connectivity index (χ1n) is 33.0. The Hall–Kier alpha value is -2.32. The number of phosphoric ester groups is 1. The van der Waals surface area contributed by atoms with Crippen LogP contribution in [-0.4, -0.2) is 73.4 Å². The van der Waals surface area contributed by atoms with E-state index in [0.717, 1.165) is 70.6 Å². The molecule has 0 bridgehead atoms. The van der Waals surface area contributed by atoms with Crippen LogP contribution in [-0.2, 0) is 18.4 Å². The van der Waals surface area contributed by atoms with Gasteiger partial charge in [-0.05, 0) is 77.0 Å². The molecule has 0 rings (SSSR count). The standard InChI is InChI=1S/C69H127N2O6P/c1-6-8-10-12-14-16-18-20-22-24-25-26-27-28-29-30-31-32-33-34-35-36-37-38-39-40-41-42-43-44-45-47-49-51-53-55-57-59-61-63-69(73)70-67(66-77-78(74,75)76-65-64-71(3,4)5)68(72)62-60-58-56-54-52-50-48-46-23-21-19-17-15-13-11-9-7-2/h8,10,14,16,20,22,25-26,28-29,52,54,60,62,67-68,72H,6-7,9,11-13,15,17-19,21,23-24,27,30-51,53,55-59,61,63-66H2,1-5H3,(H-,70,73,74,75)/p+1/b10-8-,16-14-,22-20-,26-25-,29-28-,54-52+,62-60+. The van der Waals surface area contributed by atoms with Crippen LogP contribution in [0.5, 0.6) is 0 Å². The quantitative estimate of drug-likeness (QED) is 0.0243. The topological polar surface area (TPSA) is 105 Å². The highest BCUT2D eigenvalue weighted by atomic mass is 31.2. The van der Waals surface area contributed by atoms with Crippen LogP contribution in [0.25, 0.3) is 0 Å². The summed E-state index contributed by atoms with van der Waals surface area (Å²) in [7, 11) is 1.56. The molecule has 0 aliphatic rings. The van der Waals surface area contributed by atoms with Gasteiger partial charge in [-0.1, -0.05) is 298 Å². The van der Waals surface area contributed by atoms with E-state index in [1.807, 2.05) is 27.2 Å². The Balaban J connectivity index is 3.97. The van der Waals surface area contributed by atoms with E-state index in [4.69, 9.17) is 9.05 Å². The summed E-state index contributed by atoms with van der Waals surface area (Å²) in [5.41, 5.74) is 0. The zero-order chi connectivity index (χ0) is 57.0. The van der Waals surface area contributed by atoms with Gasteiger partial charge in [-0.3, -0.25) is 13.8 Å². The van der Waals surface area contributed by atoms with Crippen molar-refractivity contribution in [1.29, 1.82) is 0 Å². The number of hydrogen-bond donors (Lipinski definition) is 3. The third-order valence-electron chi connectivity index (χ3n) is 14.6. The first kappa shape index (κ1) is 75.7. The number of amides is 1. The molecule has 0 aromatic heterocycles. The summed E-state index contributed by atoms with van der Waals surface area (Å²) < 4.78 is 23.7. The monoisotopic (exact) mass is 1110 g/mol. The van der Waals surface area contributed by atoms with Crippen LogP contribution in [0.4, 0.5) is 0 Å². The molecule has 0 spiro atoms. The smallest absolute Gasteiger partial charge is 0.387 e. The van der Waals surface area contributed by atoms with Gasteiger partial charge in [-0.15, -0.1) is 0 Å². The molecule has 9 heteroatoms. The van der Waals surface area contributed by atoms with Crippen LogP contribution >= 0.6 is 7.82 Å². The number of nitrogens with one attached hydrogen (secondary N) is 1. The number of aliphatic hydroxyl groups excluding tert-OH is 1. The lowest BCUT2D eigenvalue weighted by molar-refractivity contribution is -0.870. The minimum atomic E-state index is -4.36. The molecule has 1 amide bonds. The Morgan fingerprint density at radius 3 is 1.18 bits per heavy atom. The molecule has 0 fully saturated rings. The number of carbonyl (C=O) groups excluding carboxylic acids is 1. The van der Waals surface area contributed by atoms with Gasteiger partial charge >= 0.3 is 7.82 Å². The third kappa shape index (κ3) is 61.3. The van der Waals surface area contributed by atoms with Gasteiger partial charge in [0.15, 0.2) is 0 Å². The van der Waals surface area contributed by atoms with Crippen LogP contribution in [0.15, 0.2) is 85.1 Å². The van der Waals surface area contributed by atoms with Crippen LogP contribution < -0.4 is 5.32 Å². The van der Waals surface area contributed by atoms with E-state index >= 15 is 0 Å². The Kier molecular flexibility index (Phi) is 57.5. The Labute approximate surface area is 484 Å². The van der Waals surface area contributed by atoms with Crippen LogP contribution in [0.2, 0.25) is 0 Å². The predicted octanol–water partition coefficient (Wildman–Crippen LogP) is 20.8. The summed E-state index contributed by atoms with van der Waals surface area (Å²) in [5.74, 6) is -0.184. The first-order chi connectivity index (χ1) is 38.0. The van der Waals surface area contributed by atoms with E-state index in [0.29, 0.717) is 17.4 Å². The summed E-state index contributed by atoms with van der Waals surface area (Å²) in [4.78, 5) is 23.3. The van der Waals surface area contributed by atoms with Crippen molar-refractivity contribution in [2.75, 3.05) is 40.9 Å². The van der Waals surface area contributed by atoms with E-state index in [1.54, 1.807) is 6.08 Å². The van der Waals surface area contributed by atoms with E-state index in [2.05, 4.69) is 92.1 Å². The number of likely N-dealkylation sites (N-methyl/N-ethyl adjacent to an activating group) is 1. The molecule has 3 unspecified atom stereocenters. The summed E-state index contributed by atoms with van der Waals surface area (Å²) in [5, 5.41) is 13.9. The highest BCUT2D eigenvalue weighted by molar-refractivity contribution is 7.47. The molecule has 0 aliphatic heterocycles. The van der Waals surface area contributed by atoms with E-state index in [-0.39, 0.29) is 19.1 Å². The lowest BCUT2D eigenvalue weighted by Gasteiger charge is -2.25. The number of rotatable bonds is 60. The number of hydrogen-bond acceptors (Lipinski definition) is 5. The van der Waals surface area contributed by atoms with Crippen molar-refractivity contribution in [1.82, 2.24) is 5.32 Å². The van der Waals surface area contributed by atoms with Crippen molar-refractivity contribution in [3.05, 3.63) is 85.1 Å². The zero-order valence-electron chi connectivity index (χ0n) is 51.9. The molecular weight excluding hydrogens is 984 g/mol. The number of allylic oxidation sites excluding steroid dienone is 13.